The molecular formula is C12H20N4OS. The Balaban J connectivity index is 1.57. The first kappa shape index (κ1) is 13.5. The van der Waals surface area contributed by atoms with Crippen molar-refractivity contribution in [2.24, 2.45) is 0 Å². The predicted molar refractivity (Wildman–Crippen MR) is 74.4 cm³/mol. The van der Waals surface area contributed by atoms with Crippen LogP contribution in [0, 0.1) is 0 Å². The van der Waals surface area contributed by atoms with Crippen LogP contribution in [0.25, 0.3) is 4.96 Å². The minimum Gasteiger partial charge on any atom is -0.383 e. The smallest absolute Gasteiger partial charge is 0.193 e. The normalized spacial score (nSPS) is 11.4. The van der Waals surface area contributed by atoms with Crippen LogP contribution in [0.1, 0.15) is 5.69 Å². The maximum Gasteiger partial charge on any atom is 0.193 e. The minimum atomic E-state index is 0.771. The molecule has 2 heterocycles. The standard InChI is InChI=1S/C12H20N4OS/c1-17-9-7-14-5-4-13-3-2-11-10-18-12-15-6-8-16(11)12/h6,8,10,13-14H,2-5,7,9H2,1H3. The summed E-state index contributed by atoms with van der Waals surface area (Å²) in [4.78, 5) is 5.34. The number of methoxy groups -OCH3 is 1. The Kier molecular flexibility index (Phi) is 5.60. The molecule has 0 aromatic carbocycles. The second kappa shape index (κ2) is 7.48. The number of rotatable bonds is 9. The molecular weight excluding hydrogens is 248 g/mol. The molecule has 0 saturated carbocycles. The Hall–Kier alpha value is -0.950. The largest absolute Gasteiger partial charge is 0.383 e. The summed E-state index contributed by atoms with van der Waals surface area (Å²) in [6.45, 7) is 4.65. The van der Waals surface area contributed by atoms with Crippen molar-refractivity contribution in [1.29, 1.82) is 0 Å². The second-order valence-electron chi connectivity index (χ2n) is 4.05. The molecule has 0 radical (unpaired) electrons. The zero-order chi connectivity index (χ0) is 12.6. The van der Waals surface area contributed by atoms with E-state index in [1.807, 2.05) is 12.4 Å². The van der Waals surface area contributed by atoms with Crippen molar-refractivity contribution in [3.05, 3.63) is 23.5 Å². The fourth-order valence-electron chi connectivity index (χ4n) is 1.77. The van der Waals surface area contributed by atoms with Gasteiger partial charge >= 0.3 is 0 Å². The molecule has 0 bridgehead atoms. The van der Waals surface area contributed by atoms with Gasteiger partial charge in [0.2, 0.25) is 0 Å². The molecule has 0 aliphatic carbocycles. The first-order chi connectivity index (χ1) is 8.92. The van der Waals surface area contributed by atoms with Gasteiger partial charge in [-0.3, -0.25) is 4.40 Å². The summed E-state index contributed by atoms with van der Waals surface area (Å²) in [6.07, 6.45) is 4.91. The Bertz CT molecular complexity index is 454. The highest BCUT2D eigenvalue weighted by Gasteiger charge is 2.02. The third kappa shape index (κ3) is 3.78. The number of imidazole rings is 1. The Labute approximate surface area is 111 Å². The summed E-state index contributed by atoms with van der Waals surface area (Å²) in [5.41, 5.74) is 1.33. The molecule has 0 unspecified atom stereocenters. The van der Waals surface area contributed by atoms with Gasteiger partial charge in [-0.25, -0.2) is 4.98 Å². The fourth-order valence-corrected chi connectivity index (χ4v) is 2.66. The van der Waals surface area contributed by atoms with Crippen molar-refractivity contribution < 1.29 is 4.74 Å². The van der Waals surface area contributed by atoms with Gasteiger partial charge in [-0.1, -0.05) is 0 Å². The van der Waals surface area contributed by atoms with Crippen LogP contribution in [0.2, 0.25) is 0 Å². The lowest BCUT2D eigenvalue weighted by molar-refractivity contribution is 0.199. The van der Waals surface area contributed by atoms with Gasteiger partial charge in [-0.2, -0.15) is 0 Å². The van der Waals surface area contributed by atoms with E-state index in [0.717, 1.165) is 44.2 Å². The van der Waals surface area contributed by atoms with Crippen LogP contribution in [0.15, 0.2) is 17.8 Å². The van der Waals surface area contributed by atoms with Crippen LogP contribution in [-0.2, 0) is 11.2 Å². The molecule has 100 valence electrons. The highest BCUT2D eigenvalue weighted by atomic mass is 32.1. The Morgan fingerprint density at radius 1 is 1.28 bits per heavy atom. The first-order valence-electron chi connectivity index (χ1n) is 6.21. The third-order valence-corrected chi connectivity index (χ3v) is 3.64. The van der Waals surface area contributed by atoms with Crippen LogP contribution < -0.4 is 10.6 Å². The number of aromatic nitrogens is 2. The molecule has 2 aromatic heterocycles. The zero-order valence-electron chi connectivity index (χ0n) is 10.7. The zero-order valence-corrected chi connectivity index (χ0v) is 11.5. The van der Waals surface area contributed by atoms with Gasteiger partial charge in [0, 0.05) is 63.2 Å². The monoisotopic (exact) mass is 268 g/mol. The Morgan fingerprint density at radius 2 is 2.11 bits per heavy atom. The van der Waals surface area contributed by atoms with Gasteiger partial charge in [0.15, 0.2) is 4.96 Å². The number of nitrogens with zero attached hydrogens (tertiary/aromatic N) is 2. The molecule has 0 amide bonds. The molecule has 0 aliphatic rings. The number of thiazole rings is 1. The summed E-state index contributed by atoms with van der Waals surface area (Å²) in [6, 6.07) is 0. The van der Waals surface area contributed by atoms with Gasteiger partial charge in [-0.15, -0.1) is 11.3 Å². The molecule has 5 nitrogen and oxygen atoms in total. The minimum absolute atomic E-state index is 0.771. The van der Waals surface area contributed by atoms with Crippen LogP contribution in [0.4, 0.5) is 0 Å². The maximum absolute atomic E-state index is 4.96. The number of nitrogens with one attached hydrogen (secondary N) is 2. The van der Waals surface area contributed by atoms with Crippen molar-refractivity contribution in [1.82, 2.24) is 20.0 Å². The summed E-state index contributed by atoms with van der Waals surface area (Å²) < 4.78 is 7.12. The SMILES string of the molecule is COCCNCCNCCc1csc2nccn12. The van der Waals surface area contributed by atoms with E-state index in [1.165, 1.54) is 5.69 Å². The molecule has 0 fully saturated rings. The van der Waals surface area contributed by atoms with Gasteiger partial charge in [-0.05, 0) is 0 Å². The topological polar surface area (TPSA) is 50.6 Å². The second-order valence-corrected chi connectivity index (χ2v) is 4.89. The number of ether oxygens (including phenoxy) is 1. The highest BCUT2D eigenvalue weighted by molar-refractivity contribution is 7.15. The van der Waals surface area contributed by atoms with Crippen LogP contribution in [0.3, 0.4) is 0 Å². The van der Waals surface area contributed by atoms with Gasteiger partial charge in [0.05, 0.1) is 6.61 Å². The van der Waals surface area contributed by atoms with E-state index in [0.29, 0.717) is 0 Å². The molecule has 0 aliphatic heterocycles. The average molecular weight is 268 g/mol. The lowest BCUT2D eigenvalue weighted by Crippen LogP contribution is -2.30. The summed E-state index contributed by atoms with van der Waals surface area (Å²) >= 11 is 1.70. The van der Waals surface area contributed by atoms with Gasteiger partial charge < -0.3 is 15.4 Å². The van der Waals surface area contributed by atoms with Gasteiger partial charge in [0.1, 0.15) is 0 Å². The number of fused-ring (bicyclic) bond motifs is 1. The molecule has 0 atom stereocenters. The van der Waals surface area contributed by atoms with Crippen molar-refractivity contribution in [2.75, 3.05) is 39.9 Å². The van der Waals surface area contributed by atoms with E-state index in [2.05, 4.69) is 25.4 Å². The fraction of sp³-hybridized carbons (Fsp3) is 0.583. The van der Waals surface area contributed by atoms with E-state index in [1.54, 1.807) is 18.4 Å². The lowest BCUT2D eigenvalue weighted by Gasteiger charge is -2.05. The van der Waals surface area contributed by atoms with Crippen molar-refractivity contribution in [2.45, 2.75) is 6.42 Å². The molecule has 6 heteroatoms. The number of hydrogen-bond acceptors (Lipinski definition) is 5. The van der Waals surface area contributed by atoms with Crippen molar-refractivity contribution in [3.8, 4) is 0 Å². The van der Waals surface area contributed by atoms with Crippen molar-refractivity contribution >= 4 is 16.3 Å². The van der Waals surface area contributed by atoms with E-state index >= 15 is 0 Å². The summed E-state index contributed by atoms with van der Waals surface area (Å²) in [7, 11) is 1.72. The molecule has 18 heavy (non-hydrogen) atoms. The average Bonchev–Trinajstić information content (AvgIpc) is 2.96. The summed E-state index contributed by atoms with van der Waals surface area (Å²) in [5.74, 6) is 0. The van der Waals surface area contributed by atoms with Crippen LogP contribution in [-0.4, -0.2) is 49.3 Å². The van der Waals surface area contributed by atoms with E-state index in [9.17, 15) is 0 Å². The molecule has 0 spiro atoms. The van der Waals surface area contributed by atoms with Crippen LogP contribution >= 0.6 is 11.3 Å². The first-order valence-corrected chi connectivity index (χ1v) is 7.09. The van der Waals surface area contributed by atoms with Crippen molar-refractivity contribution in [3.63, 3.8) is 0 Å². The Morgan fingerprint density at radius 3 is 2.94 bits per heavy atom. The maximum atomic E-state index is 4.96. The molecule has 0 saturated heterocycles. The quantitative estimate of drug-likeness (QED) is 0.659. The van der Waals surface area contributed by atoms with Crippen LogP contribution in [0.5, 0.6) is 0 Å². The lowest BCUT2D eigenvalue weighted by atomic mass is 10.3. The third-order valence-electron chi connectivity index (χ3n) is 2.74. The predicted octanol–water partition coefficient (Wildman–Crippen LogP) is 0.764. The van der Waals surface area contributed by atoms with E-state index < -0.39 is 0 Å². The van der Waals surface area contributed by atoms with Gasteiger partial charge in [0.25, 0.3) is 0 Å². The number of hydrogen-bond donors (Lipinski definition) is 2. The molecule has 2 N–H and O–H groups in total. The highest BCUT2D eigenvalue weighted by Crippen LogP contribution is 2.14. The van der Waals surface area contributed by atoms with E-state index in [-0.39, 0.29) is 0 Å². The molecule has 2 rings (SSSR count). The molecule has 2 aromatic rings. The van der Waals surface area contributed by atoms with E-state index in [4.69, 9.17) is 4.74 Å². The summed E-state index contributed by atoms with van der Waals surface area (Å²) in [5, 5.41) is 8.91.